The number of aromatic nitrogens is 1. The number of sulfonamides is 1. The molecule has 0 saturated carbocycles. The summed E-state index contributed by atoms with van der Waals surface area (Å²) in [7, 11) is -0.563. The standard InChI is InChI=1S/C23H20FN3O3S2/c1-26(15-16-7-4-3-5-8-16)32(29,30)18-13-11-17(12-14-18)22(28)25-23-27(2)21-19(24)9-6-10-20(21)31-23/h3-14H,15H2,1-2H3. The molecule has 0 aliphatic carbocycles. The Kier molecular flexibility index (Phi) is 6.05. The fourth-order valence-corrected chi connectivity index (χ4v) is 5.48. The molecule has 0 atom stereocenters. The summed E-state index contributed by atoms with van der Waals surface area (Å²) in [6, 6.07) is 19.7. The first-order valence-electron chi connectivity index (χ1n) is 9.71. The molecule has 0 N–H and O–H groups in total. The van der Waals surface area contributed by atoms with Crippen LogP contribution in [0.1, 0.15) is 15.9 Å². The number of fused-ring (bicyclic) bond motifs is 1. The van der Waals surface area contributed by atoms with Crippen molar-refractivity contribution in [2.45, 2.75) is 11.4 Å². The Hall–Kier alpha value is -3.14. The summed E-state index contributed by atoms with van der Waals surface area (Å²) in [5.74, 6) is -0.918. The maximum absolute atomic E-state index is 14.1. The van der Waals surface area contributed by atoms with Gasteiger partial charge in [-0.1, -0.05) is 47.7 Å². The van der Waals surface area contributed by atoms with Crippen LogP contribution in [0.2, 0.25) is 0 Å². The number of thiazole rings is 1. The van der Waals surface area contributed by atoms with Crippen molar-refractivity contribution in [3.8, 4) is 0 Å². The lowest BCUT2D eigenvalue weighted by atomic mass is 10.2. The molecule has 0 spiro atoms. The lowest BCUT2D eigenvalue weighted by Gasteiger charge is -2.17. The highest BCUT2D eigenvalue weighted by Gasteiger charge is 2.21. The van der Waals surface area contributed by atoms with Crippen LogP contribution in [-0.2, 0) is 23.6 Å². The Balaban J connectivity index is 1.58. The average molecular weight is 470 g/mol. The molecule has 0 radical (unpaired) electrons. The van der Waals surface area contributed by atoms with Crippen molar-refractivity contribution in [2.75, 3.05) is 7.05 Å². The Morgan fingerprint density at radius 3 is 2.38 bits per heavy atom. The van der Waals surface area contributed by atoms with Gasteiger partial charge in [0.2, 0.25) is 10.0 Å². The maximum Gasteiger partial charge on any atom is 0.279 e. The molecule has 164 valence electrons. The fraction of sp³-hybridized carbons (Fsp3) is 0.130. The molecule has 0 aliphatic rings. The Morgan fingerprint density at radius 1 is 1.03 bits per heavy atom. The normalized spacial score (nSPS) is 12.6. The quantitative estimate of drug-likeness (QED) is 0.445. The Bertz CT molecular complexity index is 1460. The van der Waals surface area contributed by atoms with Crippen LogP contribution >= 0.6 is 11.3 Å². The molecule has 1 amide bonds. The van der Waals surface area contributed by atoms with E-state index >= 15 is 0 Å². The molecule has 0 saturated heterocycles. The monoisotopic (exact) mass is 469 g/mol. The molecule has 3 aromatic carbocycles. The van der Waals surface area contributed by atoms with Gasteiger partial charge in [0.05, 0.1) is 15.1 Å². The fourth-order valence-electron chi connectivity index (χ4n) is 3.29. The number of halogens is 1. The summed E-state index contributed by atoms with van der Waals surface area (Å²) < 4.78 is 43.3. The summed E-state index contributed by atoms with van der Waals surface area (Å²) in [5, 5.41) is 0. The molecule has 0 fully saturated rings. The van der Waals surface area contributed by atoms with Crippen LogP contribution in [-0.4, -0.2) is 30.2 Å². The second-order valence-corrected chi connectivity index (χ2v) is 10.3. The van der Waals surface area contributed by atoms with Gasteiger partial charge in [-0.05, 0) is 42.0 Å². The van der Waals surface area contributed by atoms with Crippen LogP contribution in [0.25, 0.3) is 10.2 Å². The number of benzene rings is 3. The molecule has 0 unspecified atom stereocenters. The van der Waals surface area contributed by atoms with Gasteiger partial charge in [-0.2, -0.15) is 9.30 Å². The largest absolute Gasteiger partial charge is 0.317 e. The van der Waals surface area contributed by atoms with E-state index in [2.05, 4.69) is 4.99 Å². The van der Waals surface area contributed by atoms with E-state index in [1.807, 2.05) is 30.3 Å². The number of carbonyl (C=O) groups excluding carboxylic acids is 1. The van der Waals surface area contributed by atoms with Crippen LogP contribution in [0.5, 0.6) is 0 Å². The minimum atomic E-state index is -3.72. The molecule has 1 heterocycles. The average Bonchev–Trinajstić information content (AvgIpc) is 3.10. The molecule has 4 aromatic rings. The Morgan fingerprint density at radius 2 is 1.72 bits per heavy atom. The maximum atomic E-state index is 14.1. The number of nitrogens with zero attached hydrogens (tertiary/aromatic N) is 3. The van der Waals surface area contributed by atoms with Gasteiger partial charge in [-0.3, -0.25) is 4.79 Å². The summed E-state index contributed by atoms with van der Waals surface area (Å²) in [6.45, 7) is 0.234. The van der Waals surface area contributed by atoms with Gasteiger partial charge in [-0.25, -0.2) is 12.8 Å². The minimum Gasteiger partial charge on any atom is -0.317 e. The van der Waals surface area contributed by atoms with Gasteiger partial charge in [-0.15, -0.1) is 0 Å². The SMILES string of the molecule is CN(Cc1ccccc1)S(=O)(=O)c1ccc(C(=O)N=c2sc3cccc(F)c3n2C)cc1. The van der Waals surface area contributed by atoms with E-state index in [0.29, 0.717) is 15.0 Å². The second kappa shape index (κ2) is 8.78. The topological polar surface area (TPSA) is 71.7 Å². The van der Waals surface area contributed by atoms with Gasteiger partial charge in [0.1, 0.15) is 5.82 Å². The summed E-state index contributed by atoms with van der Waals surface area (Å²) in [4.78, 5) is 17.2. The van der Waals surface area contributed by atoms with Crippen molar-refractivity contribution in [3.63, 3.8) is 0 Å². The molecule has 0 aliphatic heterocycles. The third-order valence-corrected chi connectivity index (χ3v) is 7.94. The van der Waals surface area contributed by atoms with E-state index in [1.54, 1.807) is 19.2 Å². The van der Waals surface area contributed by atoms with Crippen molar-refractivity contribution in [3.05, 3.63) is 94.5 Å². The van der Waals surface area contributed by atoms with Gasteiger partial charge in [0.15, 0.2) is 4.80 Å². The lowest BCUT2D eigenvalue weighted by Crippen LogP contribution is -2.26. The van der Waals surface area contributed by atoms with Crippen molar-refractivity contribution >= 4 is 37.5 Å². The van der Waals surface area contributed by atoms with Crippen molar-refractivity contribution in [1.82, 2.24) is 8.87 Å². The number of amides is 1. The van der Waals surface area contributed by atoms with Gasteiger partial charge >= 0.3 is 0 Å². The van der Waals surface area contributed by atoms with Crippen molar-refractivity contribution in [1.29, 1.82) is 0 Å². The Labute approximate surface area is 188 Å². The van der Waals surface area contributed by atoms with E-state index in [-0.39, 0.29) is 22.8 Å². The van der Waals surface area contributed by atoms with E-state index in [9.17, 15) is 17.6 Å². The van der Waals surface area contributed by atoms with Crippen LogP contribution in [0.15, 0.2) is 82.7 Å². The molecule has 6 nitrogen and oxygen atoms in total. The molecule has 0 bridgehead atoms. The number of hydrogen-bond donors (Lipinski definition) is 0. The smallest absolute Gasteiger partial charge is 0.279 e. The van der Waals surface area contributed by atoms with Crippen LogP contribution in [0.3, 0.4) is 0 Å². The third kappa shape index (κ3) is 4.27. The van der Waals surface area contributed by atoms with Crippen LogP contribution < -0.4 is 4.80 Å². The predicted molar refractivity (Wildman–Crippen MR) is 122 cm³/mol. The highest BCUT2D eigenvalue weighted by Crippen LogP contribution is 2.20. The molecular formula is C23H20FN3O3S2. The molecular weight excluding hydrogens is 449 g/mol. The molecule has 4 rings (SSSR count). The van der Waals surface area contributed by atoms with Crippen molar-refractivity contribution < 1.29 is 17.6 Å². The van der Waals surface area contributed by atoms with Crippen LogP contribution in [0, 0.1) is 5.82 Å². The zero-order valence-electron chi connectivity index (χ0n) is 17.4. The highest BCUT2D eigenvalue weighted by atomic mass is 32.2. The third-order valence-electron chi connectivity index (χ3n) is 5.03. The number of carbonyl (C=O) groups is 1. The van der Waals surface area contributed by atoms with Gasteiger partial charge in [0.25, 0.3) is 5.91 Å². The number of para-hydroxylation sites is 1. The summed E-state index contributed by atoms with van der Waals surface area (Å²) in [6.07, 6.45) is 0. The minimum absolute atomic E-state index is 0.0852. The predicted octanol–water partition coefficient (Wildman–Crippen LogP) is 3.94. The zero-order valence-corrected chi connectivity index (χ0v) is 19.0. The number of aryl methyl sites for hydroxylation is 1. The number of rotatable bonds is 5. The first-order valence-corrected chi connectivity index (χ1v) is 12.0. The molecule has 1 aromatic heterocycles. The summed E-state index contributed by atoms with van der Waals surface area (Å²) >= 11 is 1.21. The van der Waals surface area contributed by atoms with E-state index in [0.717, 1.165) is 5.56 Å². The van der Waals surface area contributed by atoms with E-state index in [4.69, 9.17) is 0 Å². The van der Waals surface area contributed by atoms with E-state index in [1.165, 1.54) is 57.6 Å². The summed E-state index contributed by atoms with van der Waals surface area (Å²) in [5.41, 5.74) is 1.50. The van der Waals surface area contributed by atoms with Crippen molar-refractivity contribution in [2.24, 2.45) is 12.0 Å². The number of hydrogen-bond acceptors (Lipinski definition) is 4. The highest BCUT2D eigenvalue weighted by molar-refractivity contribution is 7.89. The zero-order chi connectivity index (χ0) is 22.9. The first-order chi connectivity index (χ1) is 15.3. The molecule has 9 heteroatoms. The lowest BCUT2D eigenvalue weighted by molar-refractivity contribution is 0.0998. The van der Waals surface area contributed by atoms with Gasteiger partial charge in [0, 0.05) is 26.2 Å². The van der Waals surface area contributed by atoms with E-state index < -0.39 is 15.9 Å². The first kappa shape index (κ1) is 22.1. The second-order valence-electron chi connectivity index (χ2n) is 7.22. The van der Waals surface area contributed by atoms with Crippen LogP contribution in [0.4, 0.5) is 4.39 Å². The van der Waals surface area contributed by atoms with Gasteiger partial charge < -0.3 is 4.57 Å². The molecule has 32 heavy (non-hydrogen) atoms.